The van der Waals surface area contributed by atoms with E-state index >= 15 is 0 Å². The lowest BCUT2D eigenvalue weighted by Crippen LogP contribution is -2.35. The van der Waals surface area contributed by atoms with Crippen LogP contribution in [0.5, 0.6) is 0 Å². The van der Waals surface area contributed by atoms with Crippen molar-refractivity contribution in [3.63, 3.8) is 0 Å². The summed E-state index contributed by atoms with van der Waals surface area (Å²) in [7, 11) is -2.87. The van der Waals surface area contributed by atoms with Crippen molar-refractivity contribution in [2.45, 2.75) is 45.6 Å². The highest BCUT2D eigenvalue weighted by molar-refractivity contribution is 7.91. The maximum Gasteiger partial charge on any atom is 0.150 e. The first-order chi connectivity index (χ1) is 9.48. The average Bonchev–Trinajstić information content (AvgIpc) is 2.44. The number of hydrazine groups is 1. The van der Waals surface area contributed by atoms with E-state index in [-0.39, 0.29) is 17.5 Å². The van der Waals surface area contributed by atoms with Crippen LogP contribution in [0.1, 0.15) is 37.3 Å². The van der Waals surface area contributed by atoms with E-state index in [1.807, 2.05) is 12.1 Å². The van der Waals surface area contributed by atoms with Gasteiger partial charge in [-0.25, -0.2) is 8.42 Å². The summed E-state index contributed by atoms with van der Waals surface area (Å²) in [5, 5.41) is 0. The molecule has 0 heterocycles. The second-order valence-electron chi connectivity index (χ2n) is 5.21. The Balaban J connectivity index is 2.39. The van der Waals surface area contributed by atoms with Crippen LogP contribution in [0.15, 0.2) is 24.3 Å². The van der Waals surface area contributed by atoms with Crippen molar-refractivity contribution in [2.75, 3.05) is 11.5 Å². The summed E-state index contributed by atoms with van der Waals surface area (Å²) in [6.45, 7) is 3.79. The van der Waals surface area contributed by atoms with Crippen LogP contribution in [-0.4, -0.2) is 26.0 Å². The fourth-order valence-corrected chi connectivity index (χ4v) is 3.12. The summed E-state index contributed by atoms with van der Waals surface area (Å²) in [4.78, 5) is 0. The molecular formula is C15H26N2O2S. The van der Waals surface area contributed by atoms with E-state index < -0.39 is 9.84 Å². The number of hydrogen-bond acceptors (Lipinski definition) is 4. The van der Waals surface area contributed by atoms with Crippen molar-refractivity contribution in [3.05, 3.63) is 35.4 Å². The number of aryl methyl sites for hydroxylation is 2. The molecule has 1 rings (SSSR count). The van der Waals surface area contributed by atoms with Gasteiger partial charge in [0.25, 0.3) is 0 Å². The second kappa shape index (κ2) is 8.39. The normalized spacial score (nSPS) is 13.3. The van der Waals surface area contributed by atoms with Gasteiger partial charge in [-0.3, -0.25) is 11.3 Å². The SMILES string of the molecule is CCS(=O)(=O)CCCC(CCc1ccccc1C)NN. The van der Waals surface area contributed by atoms with Crippen molar-refractivity contribution >= 4 is 9.84 Å². The van der Waals surface area contributed by atoms with Crippen molar-refractivity contribution in [2.24, 2.45) is 5.84 Å². The molecule has 0 bridgehead atoms. The Morgan fingerprint density at radius 1 is 1.25 bits per heavy atom. The summed E-state index contributed by atoms with van der Waals surface area (Å²) in [5.41, 5.74) is 5.42. The molecule has 5 heteroatoms. The number of hydrogen-bond donors (Lipinski definition) is 2. The highest BCUT2D eigenvalue weighted by Crippen LogP contribution is 2.13. The Labute approximate surface area is 122 Å². The van der Waals surface area contributed by atoms with Gasteiger partial charge in [0.1, 0.15) is 9.84 Å². The van der Waals surface area contributed by atoms with E-state index in [4.69, 9.17) is 5.84 Å². The molecule has 0 aliphatic heterocycles. The minimum Gasteiger partial charge on any atom is -0.271 e. The predicted octanol–water partition coefficient (Wildman–Crippen LogP) is 1.97. The van der Waals surface area contributed by atoms with Crippen molar-refractivity contribution < 1.29 is 8.42 Å². The third-order valence-corrected chi connectivity index (χ3v) is 5.50. The minimum absolute atomic E-state index is 0.168. The van der Waals surface area contributed by atoms with E-state index in [1.165, 1.54) is 11.1 Å². The molecule has 0 saturated carbocycles. The van der Waals surface area contributed by atoms with Crippen LogP contribution in [0.25, 0.3) is 0 Å². The topological polar surface area (TPSA) is 72.2 Å². The van der Waals surface area contributed by atoms with Crippen LogP contribution in [-0.2, 0) is 16.3 Å². The van der Waals surface area contributed by atoms with Gasteiger partial charge >= 0.3 is 0 Å². The maximum atomic E-state index is 11.4. The van der Waals surface area contributed by atoms with E-state index in [2.05, 4.69) is 24.5 Å². The van der Waals surface area contributed by atoms with Gasteiger partial charge in [0, 0.05) is 11.8 Å². The lowest BCUT2D eigenvalue weighted by Gasteiger charge is -2.16. The molecule has 114 valence electrons. The number of nitrogens with two attached hydrogens (primary N) is 1. The molecule has 1 aromatic carbocycles. The highest BCUT2D eigenvalue weighted by Gasteiger charge is 2.11. The summed E-state index contributed by atoms with van der Waals surface area (Å²) >= 11 is 0. The predicted molar refractivity (Wildman–Crippen MR) is 84.2 cm³/mol. The molecular weight excluding hydrogens is 272 g/mol. The highest BCUT2D eigenvalue weighted by atomic mass is 32.2. The first-order valence-corrected chi connectivity index (χ1v) is 9.01. The molecule has 1 atom stereocenters. The zero-order valence-electron chi connectivity index (χ0n) is 12.4. The number of nitrogens with one attached hydrogen (secondary N) is 1. The largest absolute Gasteiger partial charge is 0.271 e. The third-order valence-electron chi connectivity index (χ3n) is 3.71. The zero-order chi connectivity index (χ0) is 15.0. The second-order valence-corrected chi connectivity index (χ2v) is 7.68. The first-order valence-electron chi connectivity index (χ1n) is 7.19. The lowest BCUT2D eigenvalue weighted by atomic mass is 9.99. The van der Waals surface area contributed by atoms with Gasteiger partial charge in [0.05, 0.1) is 5.75 Å². The molecule has 0 saturated heterocycles. The molecule has 0 aliphatic rings. The molecule has 0 amide bonds. The van der Waals surface area contributed by atoms with Gasteiger partial charge in [-0.1, -0.05) is 31.2 Å². The monoisotopic (exact) mass is 298 g/mol. The van der Waals surface area contributed by atoms with E-state index in [9.17, 15) is 8.42 Å². The Bertz CT molecular complexity index is 500. The molecule has 0 fully saturated rings. The molecule has 1 unspecified atom stereocenters. The molecule has 0 aromatic heterocycles. The Morgan fingerprint density at radius 3 is 2.55 bits per heavy atom. The van der Waals surface area contributed by atoms with Crippen molar-refractivity contribution in [1.29, 1.82) is 0 Å². The molecule has 0 spiro atoms. The van der Waals surface area contributed by atoms with Crippen LogP contribution >= 0.6 is 0 Å². The van der Waals surface area contributed by atoms with Crippen molar-refractivity contribution in [3.8, 4) is 0 Å². The molecule has 20 heavy (non-hydrogen) atoms. The van der Waals surface area contributed by atoms with Crippen LogP contribution < -0.4 is 11.3 Å². The Kier molecular flexibility index (Phi) is 7.19. The van der Waals surface area contributed by atoms with E-state index in [1.54, 1.807) is 6.92 Å². The van der Waals surface area contributed by atoms with Gasteiger partial charge in [-0.2, -0.15) is 0 Å². The third kappa shape index (κ3) is 6.03. The van der Waals surface area contributed by atoms with E-state index in [0.717, 1.165) is 19.3 Å². The van der Waals surface area contributed by atoms with Crippen LogP contribution in [0.3, 0.4) is 0 Å². The first kappa shape index (κ1) is 17.1. The Hall–Kier alpha value is -0.910. The molecule has 1 aromatic rings. The van der Waals surface area contributed by atoms with Gasteiger partial charge < -0.3 is 0 Å². The average molecular weight is 298 g/mol. The van der Waals surface area contributed by atoms with Gasteiger partial charge in [0.2, 0.25) is 0 Å². The smallest absolute Gasteiger partial charge is 0.150 e. The van der Waals surface area contributed by atoms with E-state index in [0.29, 0.717) is 6.42 Å². The molecule has 0 radical (unpaired) electrons. The molecule has 4 nitrogen and oxygen atoms in total. The fraction of sp³-hybridized carbons (Fsp3) is 0.600. The molecule has 3 N–H and O–H groups in total. The number of rotatable bonds is 9. The van der Waals surface area contributed by atoms with Crippen LogP contribution in [0, 0.1) is 6.92 Å². The van der Waals surface area contributed by atoms with Crippen LogP contribution in [0.2, 0.25) is 0 Å². The summed E-state index contributed by atoms with van der Waals surface area (Å²) in [6, 6.07) is 8.48. The summed E-state index contributed by atoms with van der Waals surface area (Å²) in [5.74, 6) is 6.03. The number of benzene rings is 1. The molecule has 0 aliphatic carbocycles. The summed E-state index contributed by atoms with van der Waals surface area (Å²) in [6.07, 6.45) is 3.34. The summed E-state index contributed by atoms with van der Waals surface area (Å²) < 4.78 is 22.9. The minimum atomic E-state index is -2.87. The van der Waals surface area contributed by atoms with Crippen molar-refractivity contribution in [1.82, 2.24) is 5.43 Å². The zero-order valence-corrected chi connectivity index (χ0v) is 13.2. The van der Waals surface area contributed by atoms with Crippen LogP contribution in [0.4, 0.5) is 0 Å². The quantitative estimate of drug-likeness (QED) is 0.540. The fourth-order valence-electron chi connectivity index (χ4n) is 2.23. The lowest BCUT2D eigenvalue weighted by molar-refractivity contribution is 0.458. The van der Waals surface area contributed by atoms with Gasteiger partial charge in [0.15, 0.2) is 0 Å². The Morgan fingerprint density at radius 2 is 1.95 bits per heavy atom. The van der Waals surface area contributed by atoms with Gasteiger partial charge in [-0.05, 0) is 43.7 Å². The standard InChI is InChI=1S/C15H26N2O2S/c1-3-20(18,19)12-6-9-15(17-16)11-10-14-8-5-4-7-13(14)2/h4-5,7-8,15,17H,3,6,9-12,16H2,1-2H3. The van der Waals surface area contributed by atoms with Gasteiger partial charge in [-0.15, -0.1) is 0 Å². The maximum absolute atomic E-state index is 11.4. The number of sulfone groups is 1.